The first-order chi connectivity index (χ1) is 11.8. The molecule has 2 heterocycles. The number of piperidine rings is 1. The topological polar surface area (TPSA) is 69.7 Å². The number of carbonyl (C=O) groups is 3. The molecule has 1 N–H and O–H groups in total. The van der Waals surface area contributed by atoms with Crippen molar-refractivity contribution in [3.05, 3.63) is 35.6 Å². The predicted molar refractivity (Wildman–Crippen MR) is 89.0 cm³/mol. The molecule has 2 saturated heterocycles. The van der Waals surface area contributed by atoms with Gasteiger partial charge in [-0.25, -0.2) is 9.18 Å². The summed E-state index contributed by atoms with van der Waals surface area (Å²) in [5.41, 5.74) is -1.41. The first kappa shape index (κ1) is 17.4. The van der Waals surface area contributed by atoms with E-state index in [9.17, 15) is 18.8 Å². The third-order valence-corrected chi connectivity index (χ3v) is 4.99. The van der Waals surface area contributed by atoms with Crippen molar-refractivity contribution in [1.29, 1.82) is 0 Å². The fraction of sp³-hybridized carbons (Fsp3) is 0.500. The summed E-state index contributed by atoms with van der Waals surface area (Å²) in [5.74, 6) is -1.03. The standard InChI is InChI=1S/C18H22FN3O3/c1-12-6-5-9-21(10-12)15(23)11-22-16(24)18(2,20-17(22)25)13-7-3-4-8-14(13)19/h3-4,7-8,12H,5-6,9-11H2,1-2H3,(H,20,25)/t12-,18-/m1/s1. The number of imide groups is 1. The third kappa shape index (κ3) is 3.10. The van der Waals surface area contributed by atoms with E-state index >= 15 is 0 Å². The fourth-order valence-electron chi connectivity index (χ4n) is 3.54. The van der Waals surface area contributed by atoms with E-state index in [0.29, 0.717) is 19.0 Å². The molecule has 2 fully saturated rings. The molecule has 2 aliphatic rings. The second-order valence-electron chi connectivity index (χ2n) is 7.01. The lowest BCUT2D eigenvalue weighted by Crippen LogP contribution is -2.47. The van der Waals surface area contributed by atoms with Crippen molar-refractivity contribution in [2.45, 2.75) is 32.2 Å². The number of amides is 4. The molecule has 6 nitrogen and oxygen atoms in total. The van der Waals surface area contributed by atoms with Crippen molar-refractivity contribution in [2.75, 3.05) is 19.6 Å². The number of benzene rings is 1. The molecule has 25 heavy (non-hydrogen) atoms. The van der Waals surface area contributed by atoms with Crippen molar-refractivity contribution < 1.29 is 18.8 Å². The molecule has 0 unspecified atom stereocenters. The molecular formula is C18H22FN3O3. The number of likely N-dealkylation sites (tertiary alicyclic amines) is 1. The van der Waals surface area contributed by atoms with Crippen molar-refractivity contribution in [1.82, 2.24) is 15.1 Å². The van der Waals surface area contributed by atoms with E-state index in [1.807, 2.05) is 0 Å². The Hall–Kier alpha value is -2.44. The number of rotatable bonds is 3. The van der Waals surface area contributed by atoms with Crippen LogP contribution in [0, 0.1) is 11.7 Å². The fourth-order valence-corrected chi connectivity index (χ4v) is 3.54. The minimum Gasteiger partial charge on any atom is -0.341 e. The van der Waals surface area contributed by atoms with Gasteiger partial charge in [-0.2, -0.15) is 0 Å². The maximum atomic E-state index is 14.1. The minimum absolute atomic E-state index is 0.0925. The van der Waals surface area contributed by atoms with Crippen LogP contribution in [-0.2, 0) is 15.1 Å². The lowest BCUT2D eigenvalue weighted by atomic mass is 9.91. The molecule has 2 atom stereocenters. The second-order valence-corrected chi connectivity index (χ2v) is 7.01. The van der Waals surface area contributed by atoms with E-state index in [1.165, 1.54) is 25.1 Å². The normalized spacial score (nSPS) is 26.8. The van der Waals surface area contributed by atoms with Gasteiger partial charge in [0.15, 0.2) is 0 Å². The molecule has 2 aliphatic heterocycles. The van der Waals surface area contributed by atoms with Gasteiger partial charge in [0.05, 0.1) is 0 Å². The van der Waals surface area contributed by atoms with Gasteiger partial charge >= 0.3 is 6.03 Å². The molecular weight excluding hydrogens is 325 g/mol. The zero-order valence-corrected chi connectivity index (χ0v) is 14.4. The average molecular weight is 347 g/mol. The summed E-state index contributed by atoms with van der Waals surface area (Å²) in [4.78, 5) is 40.1. The Labute approximate surface area is 146 Å². The van der Waals surface area contributed by atoms with E-state index in [4.69, 9.17) is 0 Å². The van der Waals surface area contributed by atoms with E-state index in [2.05, 4.69) is 12.2 Å². The molecule has 3 rings (SSSR count). The van der Waals surface area contributed by atoms with E-state index < -0.39 is 23.3 Å². The van der Waals surface area contributed by atoms with Crippen LogP contribution in [0.2, 0.25) is 0 Å². The van der Waals surface area contributed by atoms with Crippen molar-refractivity contribution in [2.24, 2.45) is 5.92 Å². The molecule has 0 radical (unpaired) electrons. The second kappa shape index (κ2) is 6.46. The van der Waals surface area contributed by atoms with Crippen LogP contribution in [0.5, 0.6) is 0 Å². The summed E-state index contributed by atoms with van der Waals surface area (Å²) in [7, 11) is 0. The molecule has 7 heteroatoms. The van der Waals surface area contributed by atoms with Crippen molar-refractivity contribution in [3.63, 3.8) is 0 Å². The van der Waals surface area contributed by atoms with Crippen LogP contribution in [0.4, 0.5) is 9.18 Å². The van der Waals surface area contributed by atoms with Gasteiger partial charge in [-0.05, 0) is 31.7 Å². The summed E-state index contributed by atoms with van der Waals surface area (Å²) in [6, 6.07) is 5.15. The number of carbonyl (C=O) groups excluding carboxylic acids is 3. The number of halogens is 1. The highest BCUT2D eigenvalue weighted by Crippen LogP contribution is 2.30. The maximum absolute atomic E-state index is 14.1. The summed E-state index contributed by atoms with van der Waals surface area (Å²) in [5, 5.41) is 2.53. The zero-order valence-electron chi connectivity index (χ0n) is 14.4. The SMILES string of the molecule is C[C@@H]1CCCN(C(=O)CN2C(=O)N[C@](C)(c3ccccc3F)C2=O)C1. The number of hydrogen-bond acceptors (Lipinski definition) is 3. The maximum Gasteiger partial charge on any atom is 0.325 e. The summed E-state index contributed by atoms with van der Waals surface area (Å²) < 4.78 is 14.1. The molecule has 4 amide bonds. The molecule has 1 aromatic rings. The van der Waals surface area contributed by atoms with Gasteiger partial charge in [0.1, 0.15) is 17.9 Å². The molecule has 134 valence electrons. The molecule has 0 saturated carbocycles. The summed E-state index contributed by atoms with van der Waals surface area (Å²) in [6.45, 7) is 4.48. The summed E-state index contributed by atoms with van der Waals surface area (Å²) >= 11 is 0. The quantitative estimate of drug-likeness (QED) is 0.849. The number of nitrogens with one attached hydrogen (secondary N) is 1. The van der Waals surface area contributed by atoms with Crippen LogP contribution >= 0.6 is 0 Å². The van der Waals surface area contributed by atoms with Gasteiger partial charge in [-0.3, -0.25) is 14.5 Å². The van der Waals surface area contributed by atoms with Gasteiger partial charge < -0.3 is 10.2 Å². The van der Waals surface area contributed by atoms with Crippen LogP contribution in [0.3, 0.4) is 0 Å². The lowest BCUT2D eigenvalue weighted by Gasteiger charge is -2.31. The van der Waals surface area contributed by atoms with E-state index in [1.54, 1.807) is 11.0 Å². The monoisotopic (exact) mass is 347 g/mol. The molecule has 0 bridgehead atoms. The molecule has 0 aliphatic carbocycles. The number of hydrogen-bond donors (Lipinski definition) is 1. The minimum atomic E-state index is -1.50. The van der Waals surface area contributed by atoms with Gasteiger partial charge in [0.2, 0.25) is 5.91 Å². The van der Waals surface area contributed by atoms with Crippen LogP contribution in [0.25, 0.3) is 0 Å². The Morgan fingerprint density at radius 1 is 1.36 bits per heavy atom. The highest BCUT2D eigenvalue weighted by Gasteiger charge is 2.50. The zero-order chi connectivity index (χ0) is 18.2. The number of urea groups is 1. The van der Waals surface area contributed by atoms with Gasteiger partial charge in [0, 0.05) is 18.7 Å². The highest BCUT2D eigenvalue weighted by molar-refractivity contribution is 6.09. The average Bonchev–Trinajstić information content (AvgIpc) is 2.79. The van der Waals surface area contributed by atoms with Gasteiger partial charge in [-0.1, -0.05) is 25.1 Å². The van der Waals surface area contributed by atoms with Crippen LogP contribution < -0.4 is 5.32 Å². The van der Waals surface area contributed by atoms with E-state index in [0.717, 1.165) is 17.7 Å². The first-order valence-corrected chi connectivity index (χ1v) is 8.50. The predicted octanol–water partition coefficient (Wildman–Crippen LogP) is 1.85. The first-order valence-electron chi connectivity index (χ1n) is 8.50. The highest BCUT2D eigenvalue weighted by atomic mass is 19.1. The number of nitrogens with zero attached hydrogens (tertiary/aromatic N) is 2. The Bertz CT molecular complexity index is 723. The smallest absolute Gasteiger partial charge is 0.325 e. The Morgan fingerprint density at radius 2 is 2.08 bits per heavy atom. The third-order valence-electron chi connectivity index (χ3n) is 4.99. The van der Waals surface area contributed by atoms with Crippen LogP contribution in [0.1, 0.15) is 32.3 Å². The largest absolute Gasteiger partial charge is 0.341 e. The van der Waals surface area contributed by atoms with Crippen LogP contribution in [-0.4, -0.2) is 47.3 Å². The van der Waals surface area contributed by atoms with E-state index in [-0.39, 0.29) is 18.0 Å². The Kier molecular flexibility index (Phi) is 4.49. The summed E-state index contributed by atoms with van der Waals surface area (Å²) in [6.07, 6.45) is 1.98. The van der Waals surface area contributed by atoms with Crippen LogP contribution in [0.15, 0.2) is 24.3 Å². The van der Waals surface area contributed by atoms with Crippen molar-refractivity contribution >= 4 is 17.8 Å². The van der Waals surface area contributed by atoms with Gasteiger partial charge in [0.25, 0.3) is 5.91 Å². The van der Waals surface area contributed by atoms with Crippen molar-refractivity contribution in [3.8, 4) is 0 Å². The Morgan fingerprint density at radius 3 is 2.76 bits per heavy atom. The lowest BCUT2D eigenvalue weighted by molar-refractivity contribution is -0.139. The van der Waals surface area contributed by atoms with Gasteiger partial charge in [-0.15, -0.1) is 0 Å². The molecule has 0 spiro atoms. The Balaban J connectivity index is 1.78. The molecule has 0 aromatic heterocycles. The molecule has 1 aromatic carbocycles.